The predicted octanol–water partition coefficient (Wildman–Crippen LogP) is 3.48. The van der Waals surface area contributed by atoms with E-state index in [2.05, 4.69) is 23.4 Å². The summed E-state index contributed by atoms with van der Waals surface area (Å²) in [4.78, 5) is 18.0. The fourth-order valence-corrected chi connectivity index (χ4v) is 3.26. The van der Waals surface area contributed by atoms with Crippen molar-refractivity contribution in [3.05, 3.63) is 46.6 Å². The molecule has 2 nitrogen and oxygen atoms in total. The molecule has 1 heterocycles. The van der Waals surface area contributed by atoms with E-state index < -0.39 is 0 Å². The van der Waals surface area contributed by atoms with Crippen molar-refractivity contribution in [2.24, 2.45) is 0 Å². The van der Waals surface area contributed by atoms with Gasteiger partial charge in [-0.2, -0.15) is 0 Å². The summed E-state index contributed by atoms with van der Waals surface area (Å²) in [6.45, 7) is 0. The molecule has 1 aromatic rings. The zero-order valence-corrected chi connectivity index (χ0v) is 10.8. The molecule has 4 heteroatoms. The van der Waals surface area contributed by atoms with Crippen molar-refractivity contribution in [2.75, 3.05) is 6.26 Å². The average molecular weight is 259 g/mol. The first-order valence-electron chi connectivity index (χ1n) is 5.15. The smallest absolute Gasteiger partial charge is 0.180 e. The van der Waals surface area contributed by atoms with Gasteiger partial charge in [0.2, 0.25) is 0 Å². The van der Waals surface area contributed by atoms with Crippen LogP contribution in [0.2, 0.25) is 0 Å². The minimum atomic E-state index is 0.0379. The van der Waals surface area contributed by atoms with Gasteiger partial charge < -0.3 is 0 Å². The molecule has 3 rings (SSSR count). The molecule has 0 N–H and O–H groups in total. The first kappa shape index (κ1) is 10.7. The normalized spacial score (nSPS) is 11.1. The van der Waals surface area contributed by atoms with Crippen LogP contribution in [0.25, 0.3) is 20.8 Å². The Bertz CT molecular complexity index is 720. The van der Waals surface area contributed by atoms with E-state index in [0.29, 0.717) is 0 Å². The zero-order chi connectivity index (χ0) is 11.8. The number of thioether (sulfide) groups is 1. The van der Waals surface area contributed by atoms with Gasteiger partial charge in [0.25, 0.3) is 0 Å². The highest BCUT2D eigenvalue weighted by molar-refractivity contribution is 7.98. The highest BCUT2D eigenvalue weighted by Crippen LogP contribution is 2.31. The number of fused-ring (bicyclic) bond motifs is 2. The maximum absolute atomic E-state index is 11.3. The molecule has 0 atom stereocenters. The van der Waals surface area contributed by atoms with E-state index in [1.807, 2.05) is 6.07 Å². The summed E-state index contributed by atoms with van der Waals surface area (Å²) in [5, 5.41) is 0. The minimum absolute atomic E-state index is 0.0379. The number of nitrogens with zero attached hydrogens (tertiary/aromatic N) is 1. The summed E-state index contributed by atoms with van der Waals surface area (Å²) in [5.41, 5.74) is 1.91. The molecule has 84 valence electrons. The number of rotatable bonds is 1. The molecule has 0 radical (unpaired) electrons. The standard InChI is InChI=1S/C13H9NOS2/c1-16-9-3-5-11-13(7-9)17-12-6-8(15)2-4-10(12)14-11/h2-7H,1H3. The van der Waals surface area contributed by atoms with Crippen molar-refractivity contribution in [1.29, 1.82) is 0 Å². The van der Waals surface area contributed by atoms with Gasteiger partial charge in [-0.15, -0.1) is 23.1 Å². The van der Waals surface area contributed by atoms with Crippen molar-refractivity contribution in [1.82, 2.24) is 4.98 Å². The first-order valence-corrected chi connectivity index (χ1v) is 7.19. The van der Waals surface area contributed by atoms with E-state index in [1.165, 1.54) is 4.90 Å². The molecule has 0 bridgehead atoms. The predicted molar refractivity (Wildman–Crippen MR) is 74.3 cm³/mol. The minimum Gasteiger partial charge on any atom is -0.290 e. The second-order valence-electron chi connectivity index (χ2n) is 3.68. The van der Waals surface area contributed by atoms with Gasteiger partial charge in [-0.1, -0.05) is 0 Å². The van der Waals surface area contributed by atoms with Crippen LogP contribution < -0.4 is 5.43 Å². The Labute approximate surface area is 107 Å². The average Bonchev–Trinajstić information content (AvgIpc) is 2.35. The lowest BCUT2D eigenvalue weighted by Gasteiger charge is -2.05. The molecule has 1 aromatic carbocycles. The van der Waals surface area contributed by atoms with Gasteiger partial charge in [-0.05, 0) is 36.6 Å². The van der Waals surface area contributed by atoms with Gasteiger partial charge in [0.15, 0.2) is 5.43 Å². The molecule has 0 fully saturated rings. The molecule has 0 saturated carbocycles. The fourth-order valence-electron chi connectivity index (χ4n) is 1.71. The highest BCUT2D eigenvalue weighted by atomic mass is 32.2. The quantitative estimate of drug-likeness (QED) is 0.495. The second kappa shape index (κ2) is 4.13. The number of benzene rings is 2. The molecular weight excluding hydrogens is 250 g/mol. The van der Waals surface area contributed by atoms with Crippen molar-refractivity contribution < 1.29 is 0 Å². The monoisotopic (exact) mass is 259 g/mol. The van der Waals surface area contributed by atoms with Gasteiger partial charge in [-0.3, -0.25) is 4.79 Å². The number of aromatic nitrogens is 1. The largest absolute Gasteiger partial charge is 0.290 e. The Hall–Kier alpha value is -1.39. The van der Waals surface area contributed by atoms with Crippen LogP contribution in [0.4, 0.5) is 0 Å². The molecule has 0 aromatic heterocycles. The summed E-state index contributed by atoms with van der Waals surface area (Å²) in [7, 11) is 0. The number of hydrogen-bond acceptors (Lipinski definition) is 4. The second-order valence-corrected chi connectivity index (χ2v) is 5.64. The SMILES string of the molecule is CSc1ccc2nc3ccc(=O)cc-3sc2c1. The Morgan fingerprint density at radius 2 is 2.06 bits per heavy atom. The Morgan fingerprint density at radius 1 is 1.18 bits per heavy atom. The molecule has 0 amide bonds. The number of hydrogen-bond donors (Lipinski definition) is 0. The topological polar surface area (TPSA) is 30.0 Å². The van der Waals surface area contributed by atoms with Crippen LogP contribution >= 0.6 is 23.1 Å². The van der Waals surface area contributed by atoms with Gasteiger partial charge in [0.1, 0.15) is 0 Å². The molecule has 2 aliphatic rings. The van der Waals surface area contributed by atoms with Crippen molar-refractivity contribution in [3.8, 4) is 10.6 Å². The Kier molecular flexibility index (Phi) is 2.61. The lowest BCUT2D eigenvalue weighted by molar-refractivity contribution is 1.39. The van der Waals surface area contributed by atoms with Crippen LogP contribution in [0.15, 0.2) is 46.1 Å². The third kappa shape index (κ3) is 1.94. The van der Waals surface area contributed by atoms with E-state index in [0.717, 1.165) is 20.8 Å². The van der Waals surface area contributed by atoms with Crippen molar-refractivity contribution in [2.45, 2.75) is 4.90 Å². The summed E-state index contributed by atoms with van der Waals surface area (Å²) in [6, 6.07) is 11.2. The summed E-state index contributed by atoms with van der Waals surface area (Å²) >= 11 is 3.33. The summed E-state index contributed by atoms with van der Waals surface area (Å²) in [6.07, 6.45) is 2.05. The van der Waals surface area contributed by atoms with Gasteiger partial charge in [0, 0.05) is 11.0 Å². The van der Waals surface area contributed by atoms with Crippen LogP contribution in [0, 0.1) is 0 Å². The zero-order valence-electron chi connectivity index (χ0n) is 9.14. The van der Waals surface area contributed by atoms with Crippen molar-refractivity contribution in [3.63, 3.8) is 0 Å². The molecule has 1 aliphatic heterocycles. The highest BCUT2D eigenvalue weighted by Gasteiger charge is 2.07. The van der Waals surface area contributed by atoms with E-state index in [9.17, 15) is 4.79 Å². The van der Waals surface area contributed by atoms with E-state index in [1.54, 1.807) is 41.3 Å². The summed E-state index contributed by atoms with van der Waals surface area (Å²) < 4.78 is 1.12. The maximum Gasteiger partial charge on any atom is 0.180 e. The van der Waals surface area contributed by atoms with E-state index in [-0.39, 0.29) is 5.43 Å². The molecular formula is C13H9NOS2. The van der Waals surface area contributed by atoms with Crippen LogP contribution in [-0.2, 0) is 0 Å². The summed E-state index contributed by atoms with van der Waals surface area (Å²) in [5.74, 6) is 0. The van der Waals surface area contributed by atoms with E-state index in [4.69, 9.17) is 0 Å². The Balaban J connectivity index is 2.37. The maximum atomic E-state index is 11.3. The third-order valence-electron chi connectivity index (χ3n) is 2.56. The van der Waals surface area contributed by atoms with Crippen LogP contribution in [0.3, 0.4) is 0 Å². The molecule has 0 saturated heterocycles. The van der Waals surface area contributed by atoms with Gasteiger partial charge in [0.05, 0.1) is 20.8 Å². The van der Waals surface area contributed by atoms with Crippen LogP contribution in [0.1, 0.15) is 0 Å². The van der Waals surface area contributed by atoms with Crippen LogP contribution in [0.5, 0.6) is 0 Å². The van der Waals surface area contributed by atoms with Crippen molar-refractivity contribution >= 4 is 33.3 Å². The molecule has 17 heavy (non-hydrogen) atoms. The van der Waals surface area contributed by atoms with Gasteiger partial charge in [-0.25, -0.2) is 4.98 Å². The van der Waals surface area contributed by atoms with E-state index >= 15 is 0 Å². The van der Waals surface area contributed by atoms with Gasteiger partial charge >= 0.3 is 0 Å². The van der Waals surface area contributed by atoms with Crippen LogP contribution in [-0.4, -0.2) is 11.2 Å². The Morgan fingerprint density at radius 3 is 2.88 bits per heavy atom. The lowest BCUT2D eigenvalue weighted by Crippen LogP contribution is -1.97. The first-order chi connectivity index (χ1) is 8.26. The molecule has 0 unspecified atom stereocenters. The third-order valence-corrected chi connectivity index (χ3v) is 4.38. The fraction of sp³-hybridized carbons (Fsp3) is 0.0769. The molecule has 1 aliphatic carbocycles. The lowest BCUT2D eigenvalue weighted by atomic mass is 10.2. The molecule has 0 spiro atoms.